The van der Waals surface area contributed by atoms with Crippen molar-refractivity contribution in [1.29, 1.82) is 0 Å². The van der Waals surface area contributed by atoms with Crippen molar-refractivity contribution in [2.45, 2.75) is 0 Å². The number of hydrogen-bond acceptors (Lipinski definition) is 2. The lowest BCUT2D eigenvalue weighted by molar-refractivity contribution is 0.488. The van der Waals surface area contributed by atoms with Gasteiger partial charge in [-0.05, 0) is 86.6 Å². The van der Waals surface area contributed by atoms with E-state index in [0.717, 1.165) is 72.9 Å². The lowest BCUT2D eigenvalue weighted by Crippen LogP contribution is -2.13. The minimum Gasteiger partial charge on any atom is -0.456 e. The number of ether oxygens (including phenoxy) is 1. The highest BCUT2D eigenvalue weighted by Crippen LogP contribution is 2.56. The molecular formula is C52H35NO. The van der Waals surface area contributed by atoms with E-state index in [-0.39, 0.29) is 0 Å². The molecule has 0 spiro atoms. The van der Waals surface area contributed by atoms with Crippen LogP contribution < -0.4 is 9.64 Å². The molecule has 0 radical (unpaired) electrons. The van der Waals surface area contributed by atoms with Crippen molar-refractivity contribution in [1.82, 2.24) is 0 Å². The van der Waals surface area contributed by atoms with E-state index >= 15 is 0 Å². The summed E-state index contributed by atoms with van der Waals surface area (Å²) in [6, 6.07) is 75.8. The van der Waals surface area contributed by atoms with Gasteiger partial charge in [0, 0.05) is 27.9 Å². The number of fused-ring (bicyclic) bond motifs is 6. The number of para-hydroxylation sites is 1. The van der Waals surface area contributed by atoms with Crippen molar-refractivity contribution in [2.24, 2.45) is 0 Å². The molecule has 54 heavy (non-hydrogen) atoms. The summed E-state index contributed by atoms with van der Waals surface area (Å²) in [5.41, 5.74) is 14.6. The van der Waals surface area contributed by atoms with Crippen LogP contribution in [0.3, 0.4) is 0 Å². The summed E-state index contributed by atoms with van der Waals surface area (Å²) < 4.78 is 7.11. The Bertz CT molecular complexity index is 2770. The van der Waals surface area contributed by atoms with E-state index in [1.54, 1.807) is 0 Å². The SMILES string of the molecule is c1ccc(-c2ccc(N(c3ccccc3-c3ccccc3)c3cccc4c3-c3cccc(-c5ccccc5)c3-c3cc5ccccc5cc3O4)cc2)cc1. The molecule has 2 heteroatoms. The van der Waals surface area contributed by atoms with Gasteiger partial charge in [0.25, 0.3) is 0 Å². The number of rotatable bonds is 6. The van der Waals surface area contributed by atoms with Gasteiger partial charge in [-0.15, -0.1) is 0 Å². The van der Waals surface area contributed by atoms with Gasteiger partial charge in [-0.3, -0.25) is 0 Å². The molecule has 2 nitrogen and oxygen atoms in total. The quantitative estimate of drug-likeness (QED) is 0.172. The molecule has 254 valence electrons. The molecule has 0 unspecified atom stereocenters. The van der Waals surface area contributed by atoms with E-state index in [9.17, 15) is 0 Å². The molecule has 0 saturated heterocycles. The maximum atomic E-state index is 7.11. The van der Waals surface area contributed by atoms with Crippen LogP contribution in [0.25, 0.3) is 66.4 Å². The molecule has 0 saturated carbocycles. The predicted molar refractivity (Wildman–Crippen MR) is 226 cm³/mol. The fraction of sp³-hybridized carbons (Fsp3) is 0. The van der Waals surface area contributed by atoms with Crippen molar-refractivity contribution in [3.8, 4) is 67.1 Å². The van der Waals surface area contributed by atoms with Crippen LogP contribution in [-0.4, -0.2) is 0 Å². The average Bonchev–Trinajstić information content (AvgIpc) is 3.39. The van der Waals surface area contributed by atoms with Crippen molar-refractivity contribution in [2.75, 3.05) is 4.90 Å². The molecule has 10 rings (SSSR count). The Morgan fingerprint density at radius 3 is 1.54 bits per heavy atom. The zero-order valence-electron chi connectivity index (χ0n) is 29.6. The van der Waals surface area contributed by atoms with Gasteiger partial charge in [-0.2, -0.15) is 0 Å². The second-order valence-corrected chi connectivity index (χ2v) is 13.7. The summed E-state index contributed by atoms with van der Waals surface area (Å²) in [4.78, 5) is 2.41. The molecule has 9 aromatic rings. The Hall–Kier alpha value is -7.16. The molecule has 0 N–H and O–H groups in total. The zero-order chi connectivity index (χ0) is 35.8. The molecular weight excluding hydrogens is 655 g/mol. The van der Waals surface area contributed by atoms with Crippen LogP contribution in [0.5, 0.6) is 11.5 Å². The molecule has 9 aromatic carbocycles. The van der Waals surface area contributed by atoms with Gasteiger partial charge in [-0.25, -0.2) is 0 Å². The van der Waals surface area contributed by atoms with Gasteiger partial charge < -0.3 is 9.64 Å². The molecule has 0 atom stereocenters. The predicted octanol–water partition coefficient (Wildman–Crippen LogP) is 14.8. The highest BCUT2D eigenvalue weighted by atomic mass is 16.5. The summed E-state index contributed by atoms with van der Waals surface area (Å²) >= 11 is 0. The van der Waals surface area contributed by atoms with Gasteiger partial charge in [0.2, 0.25) is 0 Å². The minimum absolute atomic E-state index is 0.816. The number of benzene rings is 9. The van der Waals surface area contributed by atoms with Crippen LogP contribution in [0.2, 0.25) is 0 Å². The summed E-state index contributed by atoms with van der Waals surface area (Å²) in [5.74, 6) is 1.66. The Kier molecular flexibility index (Phi) is 7.85. The third kappa shape index (κ3) is 5.53. The van der Waals surface area contributed by atoms with Crippen molar-refractivity contribution in [3.05, 3.63) is 212 Å². The fourth-order valence-electron chi connectivity index (χ4n) is 7.96. The Labute approximate surface area is 315 Å². The molecule has 1 aliphatic heterocycles. The minimum atomic E-state index is 0.816. The second kappa shape index (κ2) is 13.4. The first-order valence-electron chi connectivity index (χ1n) is 18.4. The second-order valence-electron chi connectivity index (χ2n) is 13.7. The average molecular weight is 690 g/mol. The maximum absolute atomic E-state index is 7.11. The fourth-order valence-corrected chi connectivity index (χ4v) is 7.96. The van der Waals surface area contributed by atoms with Crippen LogP contribution in [0.1, 0.15) is 0 Å². The highest BCUT2D eigenvalue weighted by molar-refractivity contribution is 6.06. The van der Waals surface area contributed by atoms with Gasteiger partial charge in [0.15, 0.2) is 0 Å². The largest absolute Gasteiger partial charge is 0.456 e. The van der Waals surface area contributed by atoms with E-state index in [1.165, 1.54) is 22.1 Å². The topological polar surface area (TPSA) is 12.5 Å². The molecule has 1 aliphatic rings. The first kappa shape index (κ1) is 31.6. The van der Waals surface area contributed by atoms with Crippen LogP contribution in [-0.2, 0) is 0 Å². The first-order chi connectivity index (χ1) is 26.8. The molecule has 0 bridgehead atoms. The monoisotopic (exact) mass is 689 g/mol. The smallest absolute Gasteiger partial charge is 0.137 e. The normalized spacial score (nSPS) is 11.5. The van der Waals surface area contributed by atoms with E-state index in [2.05, 4.69) is 217 Å². The molecule has 0 amide bonds. The lowest BCUT2D eigenvalue weighted by atomic mass is 9.86. The third-order valence-electron chi connectivity index (χ3n) is 10.5. The maximum Gasteiger partial charge on any atom is 0.137 e. The van der Waals surface area contributed by atoms with E-state index in [0.29, 0.717) is 0 Å². The van der Waals surface area contributed by atoms with E-state index in [4.69, 9.17) is 4.74 Å². The van der Waals surface area contributed by atoms with Crippen LogP contribution >= 0.6 is 0 Å². The van der Waals surface area contributed by atoms with Crippen molar-refractivity contribution >= 4 is 27.8 Å². The summed E-state index contributed by atoms with van der Waals surface area (Å²) in [7, 11) is 0. The number of hydrogen-bond donors (Lipinski definition) is 0. The number of anilines is 3. The molecule has 0 fully saturated rings. The summed E-state index contributed by atoms with van der Waals surface area (Å²) in [6.45, 7) is 0. The van der Waals surface area contributed by atoms with Crippen molar-refractivity contribution < 1.29 is 4.74 Å². The lowest BCUT2D eigenvalue weighted by Gasteiger charge is -2.30. The standard InChI is InChI=1S/C52H35NO/c1-4-16-36(17-5-1)37-30-32-42(33-31-37)53(47-27-13-12-24-43(47)38-18-6-2-7-19-38)48-28-15-29-49-52(48)45-26-14-25-44(39-20-8-3-9-21-39)51(45)46-34-40-22-10-11-23-41(40)35-50(46)54-49/h1-35H. The zero-order valence-corrected chi connectivity index (χ0v) is 29.6. The van der Waals surface area contributed by atoms with E-state index in [1.807, 2.05) is 0 Å². The van der Waals surface area contributed by atoms with Crippen LogP contribution in [0, 0.1) is 0 Å². The van der Waals surface area contributed by atoms with Gasteiger partial charge in [0.1, 0.15) is 11.5 Å². The van der Waals surface area contributed by atoms with Gasteiger partial charge >= 0.3 is 0 Å². The van der Waals surface area contributed by atoms with E-state index < -0.39 is 0 Å². The Balaban J connectivity index is 1.27. The Morgan fingerprint density at radius 1 is 0.296 bits per heavy atom. The molecule has 1 heterocycles. The summed E-state index contributed by atoms with van der Waals surface area (Å²) in [5, 5.41) is 2.32. The first-order valence-corrected chi connectivity index (χ1v) is 18.4. The van der Waals surface area contributed by atoms with Crippen LogP contribution in [0.4, 0.5) is 17.1 Å². The third-order valence-corrected chi connectivity index (χ3v) is 10.5. The Morgan fingerprint density at radius 2 is 0.815 bits per heavy atom. The molecule has 0 aliphatic carbocycles. The number of nitrogens with zero attached hydrogens (tertiary/aromatic N) is 1. The highest BCUT2D eigenvalue weighted by Gasteiger charge is 2.29. The van der Waals surface area contributed by atoms with Crippen LogP contribution in [0.15, 0.2) is 212 Å². The van der Waals surface area contributed by atoms with Gasteiger partial charge in [-0.1, -0.05) is 170 Å². The summed E-state index contributed by atoms with van der Waals surface area (Å²) in [6.07, 6.45) is 0. The van der Waals surface area contributed by atoms with Crippen molar-refractivity contribution in [3.63, 3.8) is 0 Å². The molecule has 0 aromatic heterocycles. The van der Waals surface area contributed by atoms with Gasteiger partial charge in [0.05, 0.1) is 11.4 Å².